The smallest absolute Gasteiger partial charge is 0.327 e. The van der Waals surface area contributed by atoms with E-state index in [1.54, 1.807) is 24.4 Å². The third-order valence-corrected chi connectivity index (χ3v) is 4.96. The lowest BCUT2D eigenvalue weighted by atomic mass is 10.0. The molecule has 1 unspecified atom stereocenters. The standard InChI is InChI=1S/C21H20N4O3/c1-12(2)18(21(27)28)24-10-9-16-15(20(24)26)11-22-19-17(13(3)23-25(16)19)14-7-5-4-6-8-14/h4-12,18H,1-3H3,(H,27,28). The molecule has 142 valence electrons. The van der Waals surface area contributed by atoms with E-state index in [0.29, 0.717) is 16.6 Å². The molecule has 0 fully saturated rings. The maximum Gasteiger partial charge on any atom is 0.327 e. The first kappa shape index (κ1) is 17.9. The lowest BCUT2D eigenvalue weighted by Crippen LogP contribution is -2.33. The molecule has 7 nitrogen and oxygen atoms in total. The number of aryl methyl sites for hydroxylation is 1. The summed E-state index contributed by atoms with van der Waals surface area (Å²) in [6.45, 7) is 5.46. The van der Waals surface area contributed by atoms with Gasteiger partial charge in [0.25, 0.3) is 5.56 Å². The van der Waals surface area contributed by atoms with Crippen LogP contribution < -0.4 is 5.56 Å². The van der Waals surface area contributed by atoms with Gasteiger partial charge in [-0.2, -0.15) is 5.10 Å². The first-order chi connectivity index (χ1) is 13.4. The van der Waals surface area contributed by atoms with Crippen LogP contribution in [0.15, 0.2) is 53.6 Å². The van der Waals surface area contributed by atoms with Crippen molar-refractivity contribution >= 4 is 22.5 Å². The van der Waals surface area contributed by atoms with E-state index in [-0.39, 0.29) is 11.5 Å². The first-order valence-electron chi connectivity index (χ1n) is 9.07. The second kappa shape index (κ2) is 6.60. The van der Waals surface area contributed by atoms with Crippen molar-refractivity contribution in [1.29, 1.82) is 0 Å². The lowest BCUT2D eigenvalue weighted by molar-refractivity contribution is -0.142. The van der Waals surface area contributed by atoms with E-state index >= 15 is 0 Å². The van der Waals surface area contributed by atoms with Gasteiger partial charge < -0.3 is 9.67 Å². The zero-order valence-electron chi connectivity index (χ0n) is 15.8. The van der Waals surface area contributed by atoms with E-state index in [1.807, 2.05) is 37.3 Å². The highest BCUT2D eigenvalue weighted by atomic mass is 16.4. The highest BCUT2D eigenvalue weighted by molar-refractivity contribution is 5.86. The zero-order chi connectivity index (χ0) is 20.0. The molecule has 1 atom stereocenters. The van der Waals surface area contributed by atoms with Crippen molar-refractivity contribution in [3.05, 3.63) is 64.8 Å². The molecule has 0 amide bonds. The third-order valence-electron chi connectivity index (χ3n) is 4.96. The van der Waals surface area contributed by atoms with Crippen molar-refractivity contribution in [2.75, 3.05) is 0 Å². The summed E-state index contributed by atoms with van der Waals surface area (Å²) >= 11 is 0. The topological polar surface area (TPSA) is 89.5 Å². The summed E-state index contributed by atoms with van der Waals surface area (Å²) in [5.74, 6) is -1.27. The van der Waals surface area contributed by atoms with Crippen LogP contribution in [0.2, 0.25) is 0 Å². The van der Waals surface area contributed by atoms with Crippen LogP contribution in [-0.4, -0.2) is 30.2 Å². The van der Waals surface area contributed by atoms with Crippen LogP contribution in [0, 0.1) is 12.8 Å². The minimum absolute atomic E-state index is 0.235. The van der Waals surface area contributed by atoms with Gasteiger partial charge in [0.2, 0.25) is 0 Å². The number of hydrogen-bond acceptors (Lipinski definition) is 4. The van der Waals surface area contributed by atoms with Gasteiger partial charge in [0.05, 0.1) is 16.6 Å². The van der Waals surface area contributed by atoms with Crippen molar-refractivity contribution in [3.63, 3.8) is 0 Å². The number of nitrogens with zero attached hydrogens (tertiary/aromatic N) is 4. The summed E-state index contributed by atoms with van der Waals surface area (Å²) in [5, 5.41) is 14.5. The monoisotopic (exact) mass is 376 g/mol. The summed E-state index contributed by atoms with van der Waals surface area (Å²) in [7, 11) is 0. The molecule has 0 saturated carbocycles. The molecule has 0 spiro atoms. The number of carboxylic acids is 1. The number of carboxylic acid groups (broad SMARTS) is 1. The Bertz CT molecular complexity index is 1260. The van der Waals surface area contributed by atoms with Gasteiger partial charge >= 0.3 is 5.97 Å². The first-order valence-corrected chi connectivity index (χ1v) is 9.07. The highest BCUT2D eigenvalue weighted by Gasteiger charge is 2.25. The van der Waals surface area contributed by atoms with E-state index in [1.165, 1.54) is 17.0 Å². The van der Waals surface area contributed by atoms with Crippen LogP contribution >= 0.6 is 0 Å². The molecular weight excluding hydrogens is 356 g/mol. The Hall–Kier alpha value is -3.48. The van der Waals surface area contributed by atoms with E-state index in [2.05, 4.69) is 10.1 Å². The van der Waals surface area contributed by atoms with Crippen LogP contribution in [0.3, 0.4) is 0 Å². The second-order valence-corrected chi connectivity index (χ2v) is 7.17. The number of benzene rings is 1. The molecule has 1 N–H and O–H groups in total. The minimum Gasteiger partial charge on any atom is -0.480 e. The number of pyridine rings is 1. The molecule has 3 heterocycles. The van der Waals surface area contributed by atoms with Gasteiger partial charge in [0.1, 0.15) is 6.04 Å². The van der Waals surface area contributed by atoms with Gasteiger partial charge in [0.15, 0.2) is 5.65 Å². The molecule has 1 aromatic carbocycles. The van der Waals surface area contributed by atoms with Crippen molar-refractivity contribution in [2.24, 2.45) is 5.92 Å². The predicted molar refractivity (Wildman–Crippen MR) is 106 cm³/mol. The number of aliphatic carboxylic acids is 1. The summed E-state index contributed by atoms with van der Waals surface area (Å²) in [6.07, 6.45) is 3.04. The molecule has 0 aliphatic rings. The Morgan fingerprint density at radius 3 is 2.50 bits per heavy atom. The van der Waals surface area contributed by atoms with Crippen molar-refractivity contribution in [2.45, 2.75) is 26.8 Å². The maximum atomic E-state index is 13.0. The SMILES string of the molecule is Cc1nn2c(ncc3c(=O)n(C(C(=O)O)C(C)C)ccc32)c1-c1ccccc1. The fourth-order valence-electron chi connectivity index (χ4n) is 3.68. The van der Waals surface area contributed by atoms with Crippen molar-refractivity contribution in [1.82, 2.24) is 19.2 Å². The van der Waals surface area contributed by atoms with Crippen LogP contribution in [0.1, 0.15) is 25.6 Å². The molecule has 0 aliphatic heterocycles. The Balaban J connectivity index is 1.99. The molecule has 28 heavy (non-hydrogen) atoms. The molecule has 0 saturated heterocycles. The summed E-state index contributed by atoms with van der Waals surface area (Å²) < 4.78 is 2.92. The van der Waals surface area contributed by atoms with Gasteiger partial charge in [-0.1, -0.05) is 44.2 Å². The van der Waals surface area contributed by atoms with Gasteiger partial charge in [-0.05, 0) is 24.5 Å². The van der Waals surface area contributed by atoms with Crippen LogP contribution in [0.5, 0.6) is 0 Å². The second-order valence-electron chi connectivity index (χ2n) is 7.17. The molecule has 4 aromatic rings. The van der Waals surface area contributed by atoms with E-state index in [4.69, 9.17) is 0 Å². The van der Waals surface area contributed by atoms with Crippen molar-refractivity contribution < 1.29 is 9.90 Å². The Kier molecular flexibility index (Phi) is 4.22. The number of carbonyl (C=O) groups is 1. The number of aromatic nitrogens is 4. The van der Waals surface area contributed by atoms with E-state index in [0.717, 1.165) is 16.8 Å². The van der Waals surface area contributed by atoms with Gasteiger partial charge in [-0.25, -0.2) is 14.3 Å². The fraction of sp³-hybridized carbons (Fsp3) is 0.238. The molecule has 0 aliphatic carbocycles. The summed E-state index contributed by atoms with van der Waals surface area (Å²) in [5.41, 5.74) is 3.60. The Labute approximate surface area is 160 Å². The zero-order valence-corrected chi connectivity index (χ0v) is 15.8. The van der Waals surface area contributed by atoms with Crippen molar-refractivity contribution in [3.8, 4) is 11.1 Å². The van der Waals surface area contributed by atoms with E-state index < -0.39 is 12.0 Å². The molecule has 0 radical (unpaired) electrons. The lowest BCUT2D eigenvalue weighted by Gasteiger charge is -2.19. The molecule has 3 aromatic heterocycles. The van der Waals surface area contributed by atoms with E-state index in [9.17, 15) is 14.7 Å². The number of hydrogen-bond donors (Lipinski definition) is 1. The van der Waals surface area contributed by atoms with Gasteiger partial charge in [-0.15, -0.1) is 0 Å². The van der Waals surface area contributed by atoms with Crippen LogP contribution in [-0.2, 0) is 4.79 Å². The summed E-state index contributed by atoms with van der Waals surface area (Å²) in [4.78, 5) is 29.2. The van der Waals surface area contributed by atoms with Crippen LogP contribution in [0.4, 0.5) is 0 Å². The average molecular weight is 376 g/mol. The molecule has 4 rings (SSSR count). The highest BCUT2D eigenvalue weighted by Crippen LogP contribution is 2.28. The Morgan fingerprint density at radius 1 is 1.14 bits per heavy atom. The molecule has 0 bridgehead atoms. The molecular formula is C21H20N4O3. The quantitative estimate of drug-likeness (QED) is 0.590. The maximum absolute atomic E-state index is 13.0. The van der Waals surface area contributed by atoms with Gasteiger partial charge in [-0.3, -0.25) is 4.79 Å². The van der Waals surface area contributed by atoms with Gasteiger partial charge in [0, 0.05) is 18.0 Å². The Morgan fingerprint density at radius 2 is 1.86 bits per heavy atom. The predicted octanol–water partition coefficient (Wildman–Crippen LogP) is 3.30. The number of rotatable bonds is 4. The third kappa shape index (κ3) is 2.67. The number of fused-ring (bicyclic) bond motifs is 3. The van der Waals surface area contributed by atoms with Crippen LogP contribution in [0.25, 0.3) is 27.7 Å². The molecule has 7 heteroatoms. The largest absolute Gasteiger partial charge is 0.480 e. The normalized spacial score (nSPS) is 12.7. The summed E-state index contributed by atoms with van der Waals surface area (Å²) in [6, 6.07) is 10.6. The average Bonchev–Trinajstić information content (AvgIpc) is 3.00. The fourth-order valence-corrected chi connectivity index (χ4v) is 3.68. The minimum atomic E-state index is -1.04.